The van der Waals surface area contributed by atoms with Crippen molar-refractivity contribution in [3.05, 3.63) is 203 Å². The minimum atomic E-state index is -0.452. The van der Waals surface area contributed by atoms with Crippen molar-refractivity contribution in [2.45, 2.75) is 25.3 Å². The summed E-state index contributed by atoms with van der Waals surface area (Å²) in [6, 6.07) is 56.5. The monoisotopic (exact) mass is 842 g/mol. The summed E-state index contributed by atoms with van der Waals surface area (Å²) in [6.07, 6.45) is 0. The first-order chi connectivity index (χ1) is 28.8. The van der Waals surface area contributed by atoms with Crippen molar-refractivity contribution in [3.8, 4) is 0 Å². The van der Waals surface area contributed by atoms with Crippen LogP contribution in [-0.2, 0) is 23.2 Å². The first kappa shape index (κ1) is 40.6. The zero-order valence-corrected chi connectivity index (χ0v) is 34.4. The van der Waals surface area contributed by atoms with E-state index in [0.717, 1.165) is 35.1 Å². The molecule has 0 radical (unpaired) electrons. The molecule has 0 unspecified atom stereocenters. The number of aliphatic hydroxyl groups is 1. The molecule has 0 aliphatic rings. The molecule has 9 rings (SSSR count). The molecule has 0 aliphatic heterocycles. The molecule has 9 aromatic rings. The third-order valence-corrected chi connectivity index (χ3v) is 11.0. The maximum absolute atomic E-state index is 11.5. The molecule has 0 saturated heterocycles. The molecule has 7 nitrogen and oxygen atoms in total. The fourth-order valence-corrected chi connectivity index (χ4v) is 7.67. The largest absolute Gasteiger partial charge is 0.465 e. The van der Waals surface area contributed by atoms with E-state index in [0.29, 0.717) is 11.1 Å². The maximum Gasteiger partial charge on any atom is 0.337 e. The van der Waals surface area contributed by atoms with Crippen LogP contribution in [0.25, 0.3) is 43.6 Å². The van der Waals surface area contributed by atoms with Gasteiger partial charge in [-0.25, -0.2) is 4.79 Å². The Morgan fingerprint density at radius 3 is 1.17 bits per heavy atom. The molecule has 0 aliphatic carbocycles. The Morgan fingerprint density at radius 1 is 0.492 bits per heavy atom. The number of carbonyl (C=O) groups excluding carboxylic acids is 3. The van der Waals surface area contributed by atoms with Crippen LogP contribution in [0.3, 0.4) is 0 Å². The van der Waals surface area contributed by atoms with E-state index in [9.17, 15) is 14.4 Å². The summed E-state index contributed by atoms with van der Waals surface area (Å²) >= 11 is 3.32. The molecule has 294 valence electrons. The van der Waals surface area contributed by atoms with Gasteiger partial charge in [0.2, 0.25) is 0 Å². The Balaban J connectivity index is 0.000000142. The fourth-order valence-electron chi connectivity index (χ4n) is 7.29. The Morgan fingerprint density at radius 2 is 0.831 bits per heavy atom. The van der Waals surface area contributed by atoms with Crippen LogP contribution in [0.2, 0.25) is 0 Å². The van der Waals surface area contributed by atoms with Gasteiger partial charge in [0.05, 0.1) is 12.7 Å². The van der Waals surface area contributed by atoms with Gasteiger partial charge in [-0.3, -0.25) is 9.59 Å². The topological polar surface area (TPSA) is 90.5 Å². The molecule has 59 heavy (non-hydrogen) atoms. The number of halogens is 1. The molecule has 0 spiro atoms. The lowest BCUT2D eigenvalue weighted by Gasteiger charge is -2.08. The van der Waals surface area contributed by atoms with E-state index in [1.807, 2.05) is 48.5 Å². The number of carbonyl (C=O) groups is 3. The number of rotatable bonds is 9. The van der Waals surface area contributed by atoms with Crippen LogP contribution in [-0.4, -0.2) is 45.5 Å². The number of benzene rings is 7. The summed E-state index contributed by atoms with van der Waals surface area (Å²) < 4.78 is 9.20. The molecular formula is C51H43BrN2O5. The first-order valence-electron chi connectivity index (χ1n) is 19.3. The Hall–Kier alpha value is -6.61. The van der Waals surface area contributed by atoms with Gasteiger partial charge in [-0.05, 0) is 60.0 Å². The molecule has 0 atom stereocenters. The normalized spacial score (nSPS) is 10.8. The predicted molar refractivity (Wildman–Crippen MR) is 242 cm³/mol. The minimum absolute atomic E-state index is 0.105. The standard InChI is InChI=1S/C21H17NO2.C21H17NO.C9H9BrO2/c23-14-21(24)16-11-9-15(10-12-16)13-22-19-7-3-1-5-17(19)18-6-2-4-8-20(18)22;1-15(23)17-12-10-16(11-13-17)14-22-20-8-4-2-6-18(20)19-7-3-5-9-21(19)22;1-12-9(11)8-4-2-7(6-10)3-5-8/h1-12,23H,13-14H2;2-13H,14H2,1H3;2-5H,6H2,1H3. The summed E-state index contributed by atoms with van der Waals surface area (Å²) in [5.41, 5.74) is 10.2. The van der Waals surface area contributed by atoms with Crippen molar-refractivity contribution in [2.24, 2.45) is 0 Å². The van der Waals surface area contributed by atoms with E-state index < -0.39 is 6.61 Å². The third kappa shape index (κ3) is 9.10. The van der Waals surface area contributed by atoms with E-state index in [2.05, 4.69) is 127 Å². The van der Waals surface area contributed by atoms with Gasteiger partial charge in [-0.2, -0.15) is 0 Å². The highest BCUT2D eigenvalue weighted by Gasteiger charge is 2.12. The number of esters is 1. The molecule has 0 saturated carbocycles. The Kier molecular flexibility index (Phi) is 12.9. The first-order valence-corrected chi connectivity index (χ1v) is 20.4. The molecule has 0 amide bonds. The van der Waals surface area contributed by atoms with E-state index >= 15 is 0 Å². The summed E-state index contributed by atoms with van der Waals surface area (Å²) in [7, 11) is 1.38. The number of methoxy groups -OCH3 is 1. The number of aliphatic hydroxyl groups excluding tert-OH is 1. The van der Waals surface area contributed by atoms with Crippen LogP contribution in [0.4, 0.5) is 0 Å². The zero-order chi connectivity index (χ0) is 41.3. The molecule has 1 N–H and O–H groups in total. The van der Waals surface area contributed by atoms with Crippen molar-refractivity contribution in [3.63, 3.8) is 0 Å². The average Bonchev–Trinajstić information content (AvgIpc) is 3.78. The van der Waals surface area contributed by atoms with Crippen LogP contribution in [0.1, 0.15) is 54.7 Å². The summed E-state index contributed by atoms with van der Waals surface area (Å²) in [5.74, 6) is -0.442. The summed E-state index contributed by atoms with van der Waals surface area (Å²) in [4.78, 5) is 33.9. The SMILES string of the molecule is CC(=O)c1ccc(Cn2c3ccccc3c3ccccc32)cc1.COC(=O)c1ccc(CBr)cc1.O=C(CO)c1ccc(Cn2c3ccccc3c3ccccc32)cc1. The van der Waals surface area contributed by atoms with E-state index in [4.69, 9.17) is 5.11 Å². The second-order valence-corrected chi connectivity index (χ2v) is 14.7. The molecule has 2 heterocycles. The fraction of sp³-hybridized carbons (Fsp3) is 0.118. The number of ether oxygens (including phenoxy) is 1. The maximum atomic E-state index is 11.5. The van der Waals surface area contributed by atoms with Gasteiger partial charge >= 0.3 is 5.97 Å². The second-order valence-electron chi connectivity index (χ2n) is 14.1. The Bertz CT molecular complexity index is 2780. The van der Waals surface area contributed by atoms with Crippen molar-refractivity contribution in [1.29, 1.82) is 0 Å². The minimum Gasteiger partial charge on any atom is -0.465 e. The highest BCUT2D eigenvalue weighted by Crippen LogP contribution is 2.31. The second kappa shape index (κ2) is 18.8. The third-order valence-electron chi connectivity index (χ3n) is 10.4. The van der Waals surface area contributed by atoms with Crippen LogP contribution in [0.5, 0.6) is 0 Å². The van der Waals surface area contributed by atoms with Crippen LogP contribution >= 0.6 is 15.9 Å². The molecule has 7 aromatic carbocycles. The number of nitrogens with zero attached hydrogens (tertiary/aromatic N) is 2. The lowest BCUT2D eigenvalue weighted by molar-refractivity contribution is 0.0600. The quantitative estimate of drug-likeness (QED) is 0.0888. The van der Waals surface area contributed by atoms with Gasteiger partial charge in [0.15, 0.2) is 11.6 Å². The van der Waals surface area contributed by atoms with E-state index in [1.54, 1.807) is 31.2 Å². The molecule has 0 fully saturated rings. The van der Waals surface area contributed by atoms with Crippen molar-refractivity contribution in [1.82, 2.24) is 9.13 Å². The number of alkyl halides is 1. The lowest BCUT2D eigenvalue weighted by Crippen LogP contribution is -2.05. The number of Topliss-reactive ketones (excluding diaryl/α,β-unsaturated/α-hetero) is 2. The van der Waals surface area contributed by atoms with Crippen molar-refractivity contribution < 1.29 is 24.2 Å². The highest BCUT2D eigenvalue weighted by molar-refractivity contribution is 9.08. The van der Waals surface area contributed by atoms with Gasteiger partial charge in [-0.1, -0.05) is 149 Å². The van der Waals surface area contributed by atoms with Gasteiger partial charge in [0.1, 0.15) is 6.61 Å². The number of hydrogen-bond donors (Lipinski definition) is 1. The number of aromatic nitrogens is 2. The number of para-hydroxylation sites is 4. The predicted octanol–water partition coefficient (Wildman–Crippen LogP) is 11.4. The number of hydrogen-bond acceptors (Lipinski definition) is 5. The van der Waals surface area contributed by atoms with Gasteiger partial charge < -0.3 is 19.0 Å². The Labute approximate surface area is 351 Å². The van der Waals surface area contributed by atoms with E-state index in [-0.39, 0.29) is 17.5 Å². The van der Waals surface area contributed by atoms with Gasteiger partial charge in [-0.15, -0.1) is 0 Å². The van der Waals surface area contributed by atoms with Gasteiger partial charge in [0, 0.05) is 73.2 Å². The smallest absolute Gasteiger partial charge is 0.337 e. The number of fused-ring (bicyclic) bond motifs is 6. The van der Waals surface area contributed by atoms with Crippen LogP contribution in [0, 0.1) is 0 Å². The van der Waals surface area contributed by atoms with Gasteiger partial charge in [0.25, 0.3) is 0 Å². The van der Waals surface area contributed by atoms with Crippen LogP contribution in [0.15, 0.2) is 170 Å². The molecule has 2 aromatic heterocycles. The lowest BCUT2D eigenvalue weighted by atomic mass is 10.1. The highest BCUT2D eigenvalue weighted by atomic mass is 79.9. The molecule has 0 bridgehead atoms. The molecule has 8 heteroatoms. The average molecular weight is 844 g/mol. The number of ketones is 2. The summed E-state index contributed by atoms with van der Waals surface area (Å²) in [6.45, 7) is 2.68. The van der Waals surface area contributed by atoms with Crippen LogP contribution < -0.4 is 0 Å². The van der Waals surface area contributed by atoms with Crippen molar-refractivity contribution >= 4 is 77.1 Å². The van der Waals surface area contributed by atoms with Crippen molar-refractivity contribution in [2.75, 3.05) is 13.7 Å². The van der Waals surface area contributed by atoms with E-state index in [1.165, 1.54) is 56.3 Å². The summed E-state index contributed by atoms with van der Waals surface area (Å²) in [5, 5.41) is 14.8. The molecular weight excluding hydrogens is 800 g/mol. The zero-order valence-electron chi connectivity index (χ0n) is 32.8.